The summed E-state index contributed by atoms with van der Waals surface area (Å²) < 4.78 is 13.5. The summed E-state index contributed by atoms with van der Waals surface area (Å²) in [7, 11) is 0. The van der Waals surface area contributed by atoms with E-state index in [1.807, 2.05) is 17.0 Å². The fraction of sp³-hybridized carbons (Fsp3) is 0.160. The van der Waals surface area contributed by atoms with Gasteiger partial charge in [0.1, 0.15) is 11.5 Å². The molecule has 0 aliphatic carbocycles. The van der Waals surface area contributed by atoms with E-state index in [1.165, 1.54) is 22.6 Å². The number of aromatic nitrogens is 1. The Kier molecular flexibility index (Phi) is 4.82. The summed E-state index contributed by atoms with van der Waals surface area (Å²) >= 11 is 0. The minimum Gasteiger partial charge on any atom is -0.362 e. The highest BCUT2D eigenvalue weighted by Gasteiger charge is 2.42. The smallest absolute Gasteiger partial charge is 0.278 e. The van der Waals surface area contributed by atoms with Gasteiger partial charge in [0.25, 0.3) is 11.8 Å². The molecule has 0 saturated carbocycles. The summed E-state index contributed by atoms with van der Waals surface area (Å²) in [6.07, 6.45) is 4.07. The number of rotatable bonds is 4. The molecular formula is C25H20FN3O2. The van der Waals surface area contributed by atoms with Crippen LogP contribution >= 0.6 is 0 Å². The Morgan fingerprint density at radius 3 is 2.32 bits per heavy atom. The number of hydrogen-bond donors (Lipinski definition) is 0. The second-order valence-corrected chi connectivity index (χ2v) is 7.72. The average molecular weight is 413 g/mol. The Morgan fingerprint density at radius 2 is 1.58 bits per heavy atom. The highest BCUT2D eigenvalue weighted by Crippen LogP contribution is 2.35. The van der Waals surface area contributed by atoms with Crippen molar-refractivity contribution in [2.75, 3.05) is 6.54 Å². The molecular weight excluding hydrogens is 393 g/mol. The van der Waals surface area contributed by atoms with Crippen molar-refractivity contribution in [3.05, 3.63) is 107 Å². The van der Waals surface area contributed by atoms with E-state index in [-0.39, 0.29) is 24.2 Å². The first-order valence-corrected chi connectivity index (χ1v) is 10.2. The highest BCUT2D eigenvalue weighted by molar-refractivity contribution is 6.35. The van der Waals surface area contributed by atoms with Crippen molar-refractivity contribution in [2.45, 2.75) is 19.5 Å². The third-order valence-electron chi connectivity index (χ3n) is 5.81. The zero-order valence-corrected chi connectivity index (χ0v) is 16.8. The van der Waals surface area contributed by atoms with Crippen molar-refractivity contribution < 1.29 is 14.0 Å². The van der Waals surface area contributed by atoms with Gasteiger partial charge in [0.05, 0.1) is 12.1 Å². The van der Waals surface area contributed by atoms with Gasteiger partial charge in [0.2, 0.25) is 0 Å². The van der Waals surface area contributed by atoms with E-state index in [9.17, 15) is 14.0 Å². The van der Waals surface area contributed by atoms with E-state index in [2.05, 4.69) is 17.1 Å². The quantitative estimate of drug-likeness (QED) is 0.614. The number of imide groups is 1. The maximum atomic E-state index is 13.5. The van der Waals surface area contributed by atoms with Crippen LogP contribution in [0.4, 0.5) is 4.39 Å². The van der Waals surface area contributed by atoms with Crippen LogP contribution in [0.1, 0.15) is 22.3 Å². The number of carbonyl (C=O) groups is 2. The third-order valence-corrected chi connectivity index (χ3v) is 5.81. The fourth-order valence-corrected chi connectivity index (χ4v) is 4.23. The van der Waals surface area contributed by atoms with Gasteiger partial charge in [-0.15, -0.1) is 0 Å². The van der Waals surface area contributed by atoms with Crippen LogP contribution in [0.2, 0.25) is 0 Å². The molecule has 0 unspecified atom stereocenters. The average Bonchev–Trinajstić information content (AvgIpc) is 3.05. The molecule has 1 aromatic heterocycles. The van der Waals surface area contributed by atoms with Crippen LogP contribution in [-0.4, -0.2) is 33.1 Å². The summed E-state index contributed by atoms with van der Waals surface area (Å²) in [5.74, 6) is -1.06. The van der Waals surface area contributed by atoms with Gasteiger partial charge in [-0.1, -0.05) is 36.4 Å². The van der Waals surface area contributed by atoms with Crippen LogP contribution in [0.15, 0.2) is 78.8 Å². The molecule has 2 aliphatic rings. The number of hydrogen-bond acceptors (Lipinski definition) is 4. The first-order valence-electron chi connectivity index (χ1n) is 10.2. The molecule has 2 aliphatic heterocycles. The number of carbonyl (C=O) groups excluding carboxylic acids is 2. The first kappa shape index (κ1) is 19.2. The molecule has 0 spiro atoms. The van der Waals surface area contributed by atoms with E-state index in [0.717, 1.165) is 17.5 Å². The van der Waals surface area contributed by atoms with Crippen molar-refractivity contribution >= 4 is 17.4 Å². The molecule has 2 amide bonds. The number of pyridine rings is 1. The first-order chi connectivity index (χ1) is 15.1. The Bertz CT molecular complexity index is 1190. The molecule has 0 saturated heterocycles. The minimum atomic E-state index is -0.386. The molecule has 154 valence electrons. The third kappa shape index (κ3) is 3.50. The van der Waals surface area contributed by atoms with E-state index in [0.29, 0.717) is 29.9 Å². The van der Waals surface area contributed by atoms with Gasteiger partial charge in [-0.2, -0.15) is 0 Å². The number of amides is 2. The zero-order chi connectivity index (χ0) is 21.4. The summed E-state index contributed by atoms with van der Waals surface area (Å²) in [4.78, 5) is 34.2. The van der Waals surface area contributed by atoms with E-state index >= 15 is 0 Å². The van der Waals surface area contributed by atoms with Crippen molar-refractivity contribution in [2.24, 2.45) is 0 Å². The second kappa shape index (κ2) is 7.80. The zero-order valence-electron chi connectivity index (χ0n) is 16.8. The lowest BCUT2D eigenvalue weighted by atomic mass is 9.98. The molecule has 3 aromatic rings. The van der Waals surface area contributed by atoms with Gasteiger partial charge in [-0.3, -0.25) is 19.5 Å². The van der Waals surface area contributed by atoms with Crippen molar-refractivity contribution in [3.8, 4) is 0 Å². The Hall–Kier alpha value is -3.80. The molecule has 0 atom stereocenters. The van der Waals surface area contributed by atoms with Crippen LogP contribution in [0, 0.1) is 5.82 Å². The number of benzene rings is 2. The molecule has 0 bridgehead atoms. The summed E-state index contributed by atoms with van der Waals surface area (Å²) in [5.41, 5.74) is 4.49. The predicted octanol–water partition coefficient (Wildman–Crippen LogP) is 3.56. The van der Waals surface area contributed by atoms with Gasteiger partial charge in [-0.05, 0) is 52.9 Å². The van der Waals surface area contributed by atoms with E-state index in [1.54, 1.807) is 36.7 Å². The molecule has 3 heterocycles. The molecule has 2 aromatic carbocycles. The van der Waals surface area contributed by atoms with Gasteiger partial charge in [0, 0.05) is 25.5 Å². The highest BCUT2D eigenvalue weighted by atomic mass is 19.1. The van der Waals surface area contributed by atoms with Crippen LogP contribution in [0.25, 0.3) is 5.57 Å². The normalized spacial score (nSPS) is 16.2. The SMILES string of the molecule is O=C1C(c2ccc(F)cc2)=C(N2CCc3ccccc3C2)C(=O)N1Cc1ccncc1. The van der Waals surface area contributed by atoms with Crippen LogP contribution < -0.4 is 0 Å². The van der Waals surface area contributed by atoms with Crippen LogP contribution in [0.5, 0.6) is 0 Å². The molecule has 31 heavy (non-hydrogen) atoms. The van der Waals surface area contributed by atoms with Crippen molar-refractivity contribution in [1.29, 1.82) is 0 Å². The molecule has 0 radical (unpaired) electrons. The summed E-state index contributed by atoms with van der Waals surface area (Å²) in [6, 6.07) is 17.5. The lowest BCUT2D eigenvalue weighted by Gasteiger charge is -2.31. The van der Waals surface area contributed by atoms with Crippen molar-refractivity contribution in [1.82, 2.24) is 14.8 Å². The van der Waals surface area contributed by atoms with Gasteiger partial charge >= 0.3 is 0 Å². The predicted molar refractivity (Wildman–Crippen MR) is 114 cm³/mol. The number of fused-ring (bicyclic) bond motifs is 1. The van der Waals surface area contributed by atoms with Gasteiger partial charge in [-0.25, -0.2) is 4.39 Å². The monoisotopic (exact) mass is 413 g/mol. The van der Waals surface area contributed by atoms with E-state index in [4.69, 9.17) is 0 Å². The molecule has 6 heteroatoms. The van der Waals surface area contributed by atoms with Crippen LogP contribution in [0.3, 0.4) is 0 Å². The molecule has 5 rings (SSSR count). The Balaban J connectivity index is 1.56. The summed E-state index contributed by atoms with van der Waals surface area (Å²) in [6.45, 7) is 1.36. The number of nitrogens with zero attached hydrogens (tertiary/aromatic N) is 3. The number of halogens is 1. The maximum absolute atomic E-state index is 13.5. The largest absolute Gasteiger partial charge is 0.362 e. The van der Waals surface area contributed by atoms with E-state index < -0.39 is 0 Å². The lowest BCUT2D eigenvalue weighted by Crippen LogP contribution is -2.37. The summed E-state index contributed by atoms with van der Waals surface area (Å²) in [5, 5.41) is 0. The molecule has 0 fully saturated rings. The fourth-order valence-electron chi connectivity index (χ4n) is 4.23. The second-order valence-electron chi connectivity index (χ2n) is 7.72. The van der Waals surface area contributed by atoms with Gasteiger partial charge < -0.3 is 4.90 Å². The maximum Gasteiger partial charge on any atom is 0.278 e. The Morgan fingerprint density at radius 1 is 0.871 bits per heavy atom. The topological polar surface area (TPSA) is 53.5 Å². The van der Waals surface area contributed by atoms with Crippen molar-refractivity contribution in [3.63, 3.8) is 0 Å². The molecule has 0 N–H and O–H groups in total. The van der Waals surface area contributed by atoms with Crippen LogP contribution in [-0.2, 0) is 29.1 Å². The van der Waals surface area contributed by atoms with Gasteiger partial charge in [0.15, 0.2) is 0 Å². The molecule has 5 nitrogen and oxygen atoms in total. The standard InChI is InChI=1S/C25H20FN3O2/c26-21-7-5-19(6-8-21)22-23(28-14-11-18-3-1-2-4-20(18)16-28)25(31)29(24(22)30)15-17-9-12-27-13-10-17/h1-10,12-13H,11,14-16H2. The lowest BCUT2D eigenvalue weighted by molar-refractivity contribution is -0.138. The Labute approximate surface area is 179 Å². The minimum absolute atomic E-state index is 0.165.